The van der Waals surface area contributed by atoms with E-state index >= 15 is 0 Å². The molecule has 0 heteroatoms. The minimum absolute atomic E-state index is 0.470. The molecule has 0 heterocycles. The Morgan fingerprint density at radius 2 is 1.83 bits per heavy atom. The molecule has 0 aromatic heterocycles. The minimum Gasteiger partial charge on any atom is -0.0913 e. The lowest BCUT2D eigenvalue weighted by Crippen LogP contribution is -1.98. The van der Waals surface area contributed by atoms with E-state index in [0.29, 0.717) is 5.92 Å². The van der Waals surface area contributed by atoms with Gasteiger partial charge in [-0.3, -0.25) is 0 Å². The highest BCUT2D eigenvalue weighted by Gasteiger charge is 2.06. The van der Waals surface area contributed by atoms with Crippen molar-refractivity contribution in [3.8, 4) is 0 Å². The molecule has 1 unspecified atom stereocenters. The van der Waals surface area contributed by atoms with E-state index in [9.17, 15) is 0 Å². The van der Waals surface area contributed by atoms with Crippen molar-refractivity contribution in [2.24, 2.45) is 5.92 Å². The van der Waals surface area contributed by atoms with E-state index in [1.807, 2.05) is 0 Å². The molecule has 0 aliphatic heterocycles. The van der Waals surface area contributed by atoms with Crippen molar-refractivity contribution >= 4 is 0 Å². The van der Waals surface area contributed by atoms with E-state index in [-0.39, 0.29) is 0 Å². The van der Waals surface area contributed by atoms with Gasteiger partial charge in [0, 0.05) is 5.92 Å². The zero-order valence-corrected chi connectivity index (χ0v) is 12.9. The van der Waals surface area contributed by atoms with Crippen molar-refractivity contribution in [1.82, 2.24) is 0 Å². The predicted molar refractivity (Wildman–Crippen MR) is 84.8 cm³/mol. The van der Waals surface area contributed by atoms with E-state index in [4.69, 9.17) is 0 Å². The van der Waals surface area contributed by atoms with Crippen molar-refractivity contribution in [2.75, 3.05) is 0 Å². The first-order valence-corrected chi connectivity index (χ1v) is 7.27. The van der Waals surface area contributed by atoms with Crippen LogP contribution in [0, 0.1) is 5.92 Å². The Hall–Kier alpha value is -1.04. The molecule has 0 amide bonds. The number of hydrogen-bond acceptors (Lipinski definition) is 0. The van der Waals surface area contributed by atoms with Gasteiger partial charge in [-0.1, -0.05) is 67.9 Å². The third kappa shape index (κ3) is 8.11. The predicted octanol–water partition coefficient (Wildman–Crippen LogP) is 6.23. The monoisotopic (exact) mass is 246 g/mol. The molecule has 102 valence electrons. The van der Waals surface area contributed by atoms with Crippen LogP contribution in [0.4, 0.5) is 0 Å². The summed E-state index contributed by atoms with van der Waals surface area (Å²) in [6.45, 7) is 10.9. The van der Waals surface area contributed by atoms with Crippen LogP contribution < -0.4 is 0 Å². The number of allylic oxidation sites excluding steroid dienone is 8. The van der Waals surface area contributed by atoms with Crippen molar-refractivity contribution in [1.29, 1.82) is 0 Å². The maximum Gasteiger partial charge on any atom is 0.0162 e. The molecule has 18 heavy (non-hydrogen) atoms. The molecule has 1 atom stereocenters. The van der Waals surface area contributed by atoms with Crippen LogP contribution in [0.25, 0.3) is 0 Å². The highest BCUT2D eigenvalue weighted by molar-refractivity contribution is 5.24. The van der Waals surface area contributed by atoms with Crippen LogP contribution in [0.5, 0.6) is 0 Å². The average Bonchev–Trinajstić information content (AvgIpc) is 2.33. The van der Waals surface area contributed by atoms with Crippen LogP contribution in [0.15, 0.2) is 47.6 Å². The van der Waals surface area contributed by atoms with Crippen LogP contribution in [-0.2, 0) is 0 Å². The zero-order chi connectivity index (χ0) is 13.8. The summed E-state index contributed by atoms with van der Waals surface area (Å²) in [5.41, 5.74) is 2.91. The second kappa shape index (κ2) is 11.1. The molecule has 0 fully saturated rings. The average molecular weight is 246 g/mol. The Labute approximate surface area is 114 Å². The summed E-state index contributed by atoms with van der Waals surface area (Å²) in [6.07, 6.45) is 18.4. The topological polar surface area (TPSA) is 0 Å². The number of hydrogen-bond donors (Lipinski definition) is 0. The first-order chi connectivity index (χ1) is 8.65. The molecule has 0 spiro atoms. The lowest BCUT2D eigenvalue weighted by molar-refractivity contribution is 0.875. The fourth-order valence-corrected chi connectivity index (χ4v) is 1.93. The molecule has 0 aromatic rings. The zero-order valence-electron chi connectivity index (χ0n) is 12.9. The molecule has 0 bridgehead atoms. The maximum atomic E-state index is 2.38. The SMILES string of the molecule is CC=CCC(=CCC)C(C=CCCC)C=C(C)C. The fraction of sp³-hybridized carbons (Fsp3) is 0.556. The van der Waals surface area contributed by atoms with Gasteiger partial charge in [-0.05, 0) is 40.0 Å². The minimum atomic E-state index is 0.470. The summed E-state index contributed by atoms with van der Waals surface area (Å²) in [4.78, 5) is 0. The first kappa shape index (κ1) is 17.0. The van der Waals surface area contributed by atoms with Crippen molar-refractivity contribution in [3.63, 3.8) is 0 Å². The second-order valence-electron chi connectivity index (χ2n) is 4.95. The third-order valence-electron chi connectivity index (χ3n) is 2.80. The van der Waals surface area contributed by atoms with E-state index in [0.717, 1.165) is 12.8 Å². The highest BCUT2D eigenvalue weighted by atomic mass is 14.1. The molecule has 0 N–H and O–H groups in total. The van der Waals surface area contributed by atoms with Crippen LogP contribution in [0.2, 0.25) is 0 Å². The van der Waals surface area contributed by atoms with E-state index in [1.54, 1.807) is 0 Å². The maximum absolute atomic E-state index is 2.38. The fourth-order valence-electron chi connectivity index (χ4n) is 1.93. The van der Waals surface area contributed by atoms with Gasteiger partial charge in [0.2, 0.25) is 0 Å². The van der Waals surface area contributed by atoms with Crippen LogP contribution in [0.3, 0.4) is 0 Å². The van der Waals surface area contributed by atoms with Gasteiger partial charge in [0.05, 0.1) is 0 Å². The highest BCUT2D eigenvalue weighted by Crippen LogP contribution is 2.21. The van der Waals surface area contributed by atoms with Gasteiger partial charge < -0.3 is 0 Å². The molecular formula is C18H30. The molecule has 0 saturated heterocycles. The molecule has 0 aromatic carbocycles. The summed E-state index contributed by atoms with van der Waals surface area (Å²) in [6, 6.07) is 0. The summed E-state index contributed by atoms with van der Waals surface area (Å²) >= 11 is 0. The molecule has 0 nitrogen and oxygen atoms in total. The summed E-state index contributed by atoms with van der Waals surface area (Å²) in [5, 5.41) is 0. The summed E-state index contributed by atoms with van der Waals surface area (Å²) in [7, 11) is 0. The Morgan fingerprint density at radius 1 is 1.11 bits per heavy atom. The van der Waals surface area contributed by atoms with Gasteiger partial charge in [0.1, 0.15) is 0 Å². The Bertz CT molecular complexity index is 309. The Morgan fingerprint density at radius 3 is 2.33 bits per heavy atom. The number of rotatable bonds is 8. The first-order valence-electron chi connectivity index (χ1n) is 7.27. The molecular weight excluding hydrogens is 216 g/mol. The van der Waals surface area contributed by atoms with Gasteiger partial charge in [-0.15, -0.1) is 0 Å². The number of unbranched alkanes of at least 4 members (excludes halogenated alkanes) is 1. The van der Waals surface area contributed by atoms with Crippen LogP contribution in [-0.4, -0.2) is 0 Å². The summed E-state index contributed by atoms with van der Waals surface area (Å²) in [5.74, 6) is 0.470. The smallest absolute Gasteiger partial charge is 0.0162 e. The Balaban J connectivity index is 4.98. The lowest BCUT2D eigenvalue weighted by atomic mass is 9.92. The van der Waals surface area contributed by atoms with Crippen LogP contribution in [0.1, 0.15) is 60.3 Å². The lowest BCUT2D eigenvalue weighted by Gasteiger charge is -2.13. The van der Waals surface area contributed by atoms with E-state index < -0.39 is 0 Å². The van der Waals surface area contributed by atoms with Gasteiger partial charge in [0.15, 0.2) is 0 Å². The quantitative estimate of drug-likeness (QED) is 0.445. The molecule has 0 saturated carbocycles. The third-order valence-corrected chi connectivity index (χ3v) is 2.80. The largest absolute Gasteiger partial charge is 0.0913 e. The van der Waals surface area contributed by atoms with Gasteiger partial charge in [-0.2, -0.15) is 0 Å². The van der Waals surface area contributed by atoms with Crippen molar-refractivity contribution < 1.29 is 0 Å². The van der Waals surface area contributed by atoms with Crippen molar-refractivity contribution in [3.05, 3.63) is 47.6 Å². The Kier molecular flexibility index (Phi) is 10.4. The van der Waals surface area contributed by atoms with E-state index in [1.165, 1.54) is 24.0 Å². The second-order valence-corrected chi connectivity index (χ2v) is 4.95. The molecule has 0 radical (unpaired) electrons. The molecule has 0 rings (SSSR count). The molecule has 0 aliphatic rings. The van der Waals surface area contributed by atoms with Gasteiger partial charge in [0.25, 0.3) is 0 Å². The van der Waals surface area contributed by atoms with Gasteiger partial charge >= 0.3 is 0 Å². The van der Waals surface area contributed by atoms with Gasteiger partial charge in [-0.25, -0.2) is 0 Å². The van der Waals surface area contributed by atoms with Crippen LogP contribution >= 0.6 is 0 Å². The van der Waals surface area contributed by atoms with E-state index in [2.05, 4.69) is 71.1 Å². The standard InChI is InChI=1S/C18H30/c1-6-9-11-14-18(15-16(4)5)17(12-8-3)13-10-7-2/h7,10-12,14-15,18H,6,8-9,13H2,1-5H3. The van der Waals surface area contributed by atoms with Crippen molar-refractivity contribution in [2.45, 2.75) is 60.3 Å². The molecule has 0 aliphatic carbocycles. The summed E-state index contributed by atoms with van der Waals surface area (Å²) < 4.78 is 0. The normalized spacial score (nSPS) is 14.4.